The molecule has 0 fully saturated rings. The summed E-state index contributed by atoms with van der Waals surface area (Å²) >= 11 is 5.73. The number of benzene rings is 1. The summed E-state index contributed by atoms with van der Waals surface area (Å²) in [4.78, 5) is 22.1. The van der Waals surface area contributed by atoms with Gasteiger partial charge >= 0.3 is 0 Å². The second kappa shape index (κ2) is 6.25. The van der Waals surface area contributed by atoms with Gasteiger partial charge in [-0.25, -0.2) is 0 Å². The lowest BCUT2D eigenvalue weighted by atomic mass is 10.2. The summed E-state index contributed by atoms with van der Waals surface area (Å²) in [7, 11) is 0. The minimum absolute atomic E-state index is 0.0573. The van der Waals surface area contributed by atoms with Crippen LogP contribution in [0.25, 0.3) is 0 Å². The van der Waals surface area contributed by atoms with E-state index >= 15 is 0 Å². The number of hydrogen-bond acceptors (Lipinski definition) is 3. The van der Waals surface area contributed by atoms with Crippen molar-refractivity contribution in [3.05, 3.63) is 28.8 Å². The largest absolute Gasteiger partial charge is 0.483 e. The molecule has 1 N–H and O–H groups in total. The Balaban J connectivity index is 2.63. The van der Waals surface area contributed by atoms with E-state index in [0.717, 1.165) is 0 Å². The molecule has 5 heteroatoms. The van der Waals surface area contributed by atoms with Crippen LogP contribution in [0.1, 0.15) is 24.2 Å². The number of rotatable bonds is 5. The first kappa shape index (κ1) is 13.5. The van der Waals surface area contributed by atoms with Crippen molar-refractivity contribution >= 4 is 23.8 Å². The first-order valence-electron chi connectivity index (χ1n) is 5.20. The number of carbonyl (C=O) groups is 2. The molecule has 92 valence electrons. The van der Waals surface area contributed by atoms with Gasteiger partial charge in [0.1, 0.15) is 5.75 Å². The van der Waals surface area contributed by atoms with E-state index < -0.39 is 0 Å². The molecule has 0 saturated carbocycles. The SMILES string of the molecule is CC(C)NC(=O)COc1ccc(Cl)cc1C=O. The van der Waals surface area contributed by atoms with Crippen molar-refractivity contribution in [3.63, 3.8) is 0 Å². The normalized spacial score (nSPS) is 10.1. The highest BCUT2D eigenvalue weighted by atomic mass is 35.5. The van der Waals surface area contributed by atoms with E-state index in [1.165, 1.54) is 6.07 Å². The predicted molar refractivity (Wildman–Crippen MR) is 65.6 cm³/mol. The maximum atomic E-state index is 11.3. The molecule has 0 aromatic heterocycles. The number of carbonyl (C=O) groups excluding carboxylic acids is 2. The van der Waals surface area contributed by atoms with Crippen molar-refractivity contribution in [2.24, 2.45) is 0 Å². The zero-order valence-corrected chi connectivity index (χ0v) is 10.5. The fraction of sp³-hybridized carbons (Fsp3) is 0.333. The Morgan fingerprint density at radius 1 is 1.53 bits per heavy atom. The van der Waals surface area contributed by atoms with Crippen LogP contribution < -0.4 is 10.1 Å². The van der Waals surface area contributed by atoms with Gasteiger partial charge in [0, 0.05) is 11.1 Å². The lowest BCUT2D eigenvalue weighted by Crippen LogP contribution is -2.34. The summed E-state index contributed by atoms with van der Waals surface area (Å²) in [6, 6.07) is 4.71. The molecule has 4 nitrogen and oxygen atoms in total. The highest BCUT2D eigenvalue weighted by molar-refractivity contribution is 6.30. The topological polar surface area (TPSA) is 55.4 Å². The van der Waals surface area contributed by atoms with Crippen LogP contribution in [-0.4, -0.2) is 24.8 Å². The molecule has 0 bridgehead atoms. The average molecular weight is 256 g/mol. The summed E-state index contributed by atoms with van der Waals surface area (Å²) in [6.07, 6.45) is 0.640. The Morgan fingerprint density at radius 2 is 2.24 bits per heavy atom. The maximum Gasteiger partial charge on any atom is 0.258 e. The molecular weight excluding hydrogens is 242 g/mol. The van der Waals surface area contributed by atoms with Crippen LogP contribution in [0.5, 0.6) is 5.75 Å². The smallest absolute Gasteiger partial charge is 0.258 e. The quantitative estimate of drug-likeness (QED) is 0.820. The van der Waals surface area contributed by atoms with Gasteiger partial charge in [0.25, 0.3) is 5.91 Å². The van der Waals surface area contributed by atoms with Crippen molar-refractivity contribution in [1.29, 1.82) is 0 Å². The fourth-order valence-electron chi connectivity index (χ4n) is 1.25. The molecule has 0 aliphatic rings. The van der Waals surface area contributed by atoms with Crippen LogP contribution >= 0.6 is 11.6 Å². The van der Waals surface area contributed by atoms with Gasteiger partial charge in [-0.3, -0.25) is 9.59 Å². The lowest BCUT2D eigenvalue weighted by Gasteiger charge is -2.10. The molecule has 0 heterocycles. The molecule has 0 spiro atoms. The van der Waals surface area contributed by atoms with Crippen molar-refractivity contribution < 1.29 is 14.3 Å². The van der Waals surface area contributed by atoms with Crippen LogP contribution in [0.2, 0.25) is 5.02 Å². The van der Waals surface area contributed by atoms with Crippen LogP contribution in [-0.2, 0) is 4.79 Å². The van der Waals surface area contributed by atoms with Gasteiger partial charge < -0.3 is 10.1 Å². The van der Waals surface area contributed by atoms with Crippen LogP contribution in [0.15, 0.2) is 18.2 Å². The van der Waals surface area contributed by atoms with Gasteiger partial charge in [0.05, 0.1) is 5.56 Å². The Morgan fingerprint density at radius 3 is 2.82 bits per heavy atom. The molecule has 0 aliphatic carbocycles. The molecule has 0 unspecified atom stereocenters. The second-order valence-corrected chi connectivity index (χ2v) is 4.25. The van der Waals surface area contributed by atoms with Crippen molar-refractivity contribution in [2.45, 2.75) is 19.9 Å². The summed E-state index contributed by atoms with van der Waals surface area (Å²) in [5.74, 6) is 0.120. The molecule has 0 saturated heterocycles. The van der Waals surface area contributed by atoms with Gasteiger partial charge in [-0.05, 0) is 32.0 Å². The number of nitrogens with one attached hydrogen (secondary N) is 1. The van der Waals surface area contributed by atoms with E-state index in [1.807, 2.05) is 13.8 Å². The zero-order chi connectivity index (χ0) is 12.8. The van der Waals surface area contributed by atoms with Crippen molar-refractivity contribution in [2.75, 3.05) is 6.61 Å². The Labute approximate surface area is 105 Å². The summed E-state index contributed by atoms with van der Waals surface area (Å²) < 4.78 is 5.24. The molecule has 0 atom stereocenters. The summed E-state index contributed by atoms with van der Waals surface area (Å²) in [5, 5.41) is 3.13. The third-order valence-corrected chi connectivity index (χ3v) is 2.14. The molecule has 1 amide bonds. The third kappa shape index (κ3) is 4.44. The second-order valence-electron chi connectivity index (χ2n) is 3.81. The maximum absolute atomic E-state index is 11.3. The Bertz CT molecular complexity index is 418. The van der Waals surface area contributed by atoms with E-state index in [0.29, 0.717) is 22.6 Å². The lowest BCUT2D eigenvalue weighted by molar-refractivity contribution is -0.123. The van der Waals surface area contributed by atoms with Gasteiger partial charge in [-0.15, -0.1) is 0 Å². The number of aldehydes is 1. The molecule has 17 heavy (non-hydrogen) atoms. The van der Waals surface area contributed by atoms with Gasteiger partial charge in [0.15, 0.2) is 12.9 Å². The van der Waals surface area contributed by atoms with E-state index in [1.54, 1.807) is 12.1 Å². The molecular formula is C12H14ClNO3. The molecule has 1 aromatic rings. The minimum Gasteiger partial charge on any atom is -0.483 e. The first-order valence-corrected chi connectivity index (χ1v) is 5.57. The number of amides is 1. The van der Waals surface area contributed by atoms with Crippen LogP contribution in [0, 0.1) is 0 Å². The van der Waals surface area contributed by atoms with Gasteiger partial charge in [-0.1, -0.05) is 11.6 Å². The van der Waals surface area contributed by atoms with Gasteiger partial charge in [0.2, 0.25) is 0 Å². The molecule has 1 rings (SSSR count). The van der Waals surface area contributed by atoms with Crippen LogP contribution in [0.3, 0.4) is 0 Å². The average Bonchev–Trinajstić information content (AvgIpc) is 2.26. The zero-order valence-electron chi connectivity index (χ0n) is 9.70. The summed E-state index contributed by atoms with van der Waals surface area (Å²) in [6.45, 7) is 3.59. The van der Waals surface area contributed by atoms with Crippen molar-refractivity contribution in [3.8, 4) is 5.75 Å². The Kier molecular flexibility index (Phi) is 4.97. The van der Waals surface area contributed by atoms with Gasteiger partial charge in [-0.2, -0.15) is 0 Å². The standard InChI is InChI=1S/C12H14ClNO3/c1-8(2)14-12(16)7-17-11-4-3-10(13)5-9(11)6-15/h3-6,8H,7H2,1-2H3,(H,14,16). The number of hydrogen-bond donors (Lipinski definition) is 1. The van der Waals surface area contributed by atoms with Crippen LogP contribution in [0.4, 0.5) is 0 Å². The monoisotopic (exact) mass is 255 g/mol. The molecule has 1 aromatic carbocycles. The van der Waals surface area contributed by atoms with E-state index in [9.17, 15) is 9.59 Å². The highest BCUT2D eigenvalue weighted by Gasteiger charge is 2.07. The number of ether oxygens (including phenoxy) is 1. The minimum atomic E-state index is -0.230. The van der Waals surface area contributed by atoms with E-state index in [4.69, 9.17) is 16.3 Å². The first-order chi connectivity index (χ1) is 8.02. The Hall–Kier alpha value is -1.55. The molecule has 0 aliphatic heterocycles. The van der Waals surface area contributed by atoms with E-state index in [-0.39, 0.29) is 18.6 Å². The number of halogens is 1. The van der Waals surface area contributed by atoms with Crippen molar-refractivity contribution in [1.82, 2.24) is 5.32 Å². The molecule has 0 radical (unpaired) electrons. The summed E-state index contributed by atoms with van der Waals surface area (Å²) in [5.41, 5.74) is 0.329. The predicted octanol–water partition coefficient (Wildman–Crippen LogP) is 2.06. The third-order valence-electron chi connectivity index (χ3n) is 1.91. The highest BCUT2D eigenvalue weighted by Crippen LogP contribution is 2.21. The van der Waals surface area contributed by atoms with E-state index in [2.05, 4.69) is 5.32 Å². The fourth-order valence-corrected chi connectivity index (χ4v) is 1.43.